The molecule has 1 amide bonds. The third-order valence-corrected chi connectivity index (χ3v) is 4.59. The summed E-state index contributed by atoms with van der Waals surface area (Å²) in [5, 5.41) is 10.8. The minimum absolute atomic E-state index is 0.133. The first-order valence-corrected chi connectivity index (χ1v) is 9.11. The van der Waals surface area contributed by atoms with Crippen LogP contribution in [-0.2, 0) is 14.3 Å². The Morgan fingerprint density at radius 1 is 1.04 bits per heavy atom. The number of nitrogens with zero attached hydrogens (tertiary/aromatic N) is 1. The van der Waals surface area contributed by atoms with Gasteiger partial charge in [-0.3, -0.25) is 9.59 Å². The number of aliphatic hydroxyl groups excluding tert-OH is 1. The number of hydrogen-bond donors (Lipinski definition) is 1. The highest BCUT2D eigenvalue weighted by molar-refractivity contribution is 6.46. The second kappa shape index (κ2) is 8.64. The lowest BCUT2D eigenvalue weighted by Gasteiger charge is -2.25. The number of ether oxygens (including phenoxy) is 1. The Bertz CT molecular complexity index is 830. The molecule has 5 nitrogen and oxygen atoms in total. The fourth-order valence-corrected chi connectivity index (χ4v) is 3.33. The number of carbonyl (C=O) groups excluding carboxylic acids is 2. The molecule has 2 aromatic carbocycles. The molecule has 5 heteroatoms. The number of aliphatic hydroxyl groups is 1. The van der Waals surface area contributed by atoms with Crippen LogP contribution in [0.15, 0.2) is 66.2 Å². The van der Waals surface area contributed by atoms with Crippen molar-refractivity contribution < 1.29 is 19.4 Å². The third-order valence-electron chi connectivity index (χ3n) is 4.59. The van der Waals surface area contributed by atoms with E-state index >= 15 is 0 Å². The summed E-state index contributed by atoms with van der Waals surface area (Å²) < 4.78 is 5.36. The van der Waals surface area contributed by atoms with Crippen molar-refractivity contribution in [1.29, 1.82) is 0 Å². The summed E-state index contributed by atoms with van der Waals surface area (Å²) in [6.07, 6.45) is 0.621. The van der Waals surface area contributed by atoms with Gasteiger partial charge in [0.05, 0.1) is 11.6 Å². The molecule has 3 rings (SSSR count). The summed E-state index contributed by atoms with van der Waals surface area (Å²) in [4.78, 5) is 27.0. The molecule has 0 aromatic heterocycles. The fourth-order valence-electron chi connectivity index (χ4n) is 3.33. The molecule has 0 unspecified atom stereocenters. The summed E-state index contributed by atoms with van der Waals surface area (Å²) in [6.45, 7) is 3.42. The van der Waals surface area contributed by atoms with Gasteiger partial charge in [-0.1, -0.05) is 60.7 Å². The number of benzene rings is 2. The zero-order chi connectivity index (χ0) is 19.2. The highest BCUT2D eigenvalue weighted by Crippen LogP contribution is 2.39. The van der Waals surface area contributed by atoms with Gasteiger partial charge in [0.25, 0.3) is 11.7 Å². The van der Waals surface area contributed by atoms with Crippen molar-refractivity contribution in [2.75, 3.05) is 19.8 Å². The van der Waals surface area contributed by atoms with Gasteiger partial charge in [-0.2, -0.15) is 0 Å². The molecule has 1 aliphatic heterocycles. The zero-order valence-electron chi connectivity index (χ0n) is 15.3. The topological polar surface area (TPSA) is 66.8 Å². The number of hydrogen-bond acceptors (Lipinski definition) is 4. The predicted octanol–water partition coefficient (Wildman–Crippen LogP) is 3.53. The van der Waals surface area contributed by atoms with Gasteiger partial charge < -0.3 is 14.7 Å². The quantitative estimate of drug-likeness (QED) is 0.353. The van der Waals surface area contributed by atoms with Crippen LogP contribution >= 0.6 is 0 Å². The van der Waals surface area contributed by atoms with Gasteiger partial charge in [0, 0.05) is 25.3 Å². The molecular weight excluding hydrogens is 342 g/mol. The molecule has 1 N–H and O–H groups in total. The molecule has 0 aliphatic carbocycles. The summed E-state index contributed by atoms with van der Waals surface area (Å²) in [5.41, 5.74) is 1.45. The van der Waals surface area contributed by atoms with Crippen LogP contribution < -0.4 is 0 Å². The van der Waals surface area contributed by atoms with E-state index < -0.39 is 17.7 Å². The molecule has 1 saturated heterocycles. The summed E-state index contributed by atoms with van der Waals surface area (Å²) in [6, 6.07) is 17.6. The molecule has 0 radical (unpaired) electrons. The number of carbonyl (C=O) groups is 2. The maximum absolute atomic E-state index is 12.8. The van der Waals surface area contributed by atoms with E-state index in [1.54, 1.807) is 24.3 Å². The number of ketones is 1. The van der Waals surface area contributed by atoms with Crippen molar-refractivity contribution in [2.45, 2.75) is 19.4 Å². The van der Waals surface area contributed by atoms with Crippen molar-refractivity contribution in [3.05, 3.63) is 77.4 Å². The second-order valence-corrected chi connectivity index (χ2v) is 6.32. The lowest BCUT2D eigenvalue weighted by Crippen LogP contribution is -2.31. The van der Waals surface area contributed by atoms with Crippen LogP contribution in [0.25, 0.3) is 5.76 Å². The summed E-state index contributed by atoms with van der Waals surface area (Å²) in [5.74, 6) is -1.38. The van der Waals surface area contributed by atoms with Gasteiger partial charge in [-0.05, 0) is 18.9 Å². The second-order valence-electron chi connectivity index (χ2n) is 6.32. The first-order chi connectivity index (χ1) is 13.1. The number of Topliss-reactive ketones (excluding diaryl/α,β-unsaturated/α-hetero) is 1. The average molecular weight is 365 g/mol. The van der Waals surface area contributed by atoms with Crippen molar-refractivity contribution in [2.24, 2.45) is 0 Å². The minimum atomic E-state index is -0.651. The molecule has 0 bridgehead atoms. The number of amides is 1. The van der Waals surface area contributed by atoms with Crippen molar-refractivity contribution >= 4 is 17.4 Å². The van der Waals surface area contributed by atoms with Crippen LogP contribution in [0.1, 0.15) is 30.5 Å². The fraction of sp³-hybridized carbons (Fsp3) is 0.273. The first kappa shape index (κ1) is 18.9. The van der Waals surface area contributed by atoms with E-state index in [1.165, 1.54) is 4.90 Å². The molecule has 0 spiro atoms. The highest BCUT2D eigenvalue weighted by atomic mass is 16.5. The zero-order valence-corrected chi connectivity index (χ0v) is 15.3. The Labute approximate surface area is 158 Å². The van der Waals surface area contributed by atoms with Crippen LogP contribution in [-0.4, -0.2) is 41.5 Å². The Hall–Kier alpha value is -2.92. The summed E-state index contributed by atoms with van der Waals surface area (Å²) >= 11 is 0. The van der Waals surface area contributed by atoms with Gasteiger partial charge >= 0.3 is 0 Å². The predicted molar refractivity (Wildman–Crippen MR) is 103 cm³/mol. The monoisotopic (exact) mass is 365 g/mol. The van der Waals surface area contributed by atoms with E-state index in [2.05, 4.69) is 0 Å². The van der Waals surface area contributed by atoms with Gasteiger partial charge in [-0.15, -0.1) is 0 Å². The van der Waals surface area contributed by atoms with E-state index in [1.807, 2.05) is 43.3 Å². The standard InChI is InChI=1S/C22H23NO4/c1-2-27-15-9-14-23-19(16-10-5-3-6-11-16)18(21(25)22(23)26)20(24)17-12-7-4-8-13-17/h3-8,10-13,19,24H,2,9,14-15H2,1H3/t19-/m1/s1. The molecule has 0 saturated carbocycles. The van der Waals surface area contributed by atoms with Gasteiger partial charge in [0.15, 0.2) is 0 Å². The molecule has 1 heterocycles. The minimum Gasteiger partial charge on any atom is -0.507 e. The molecular formula is C22H23NO4. The molecule has 1 atom stereocenters. The Morgan fingerprint density at radius 2 is 1.67 bits per heavy atom. The van der Waals surface area contributed by atoms with E-state index in [0.717, 1.165) is 5.56 Å². The van der Waals surface area contributed by atoms with Crippen molar-refractivity contribution in [1.82, 2.24) is 4.90 Å². The number of rotatable bonds is 7. The smallest absolute Gasteiger partial charge is 0.295 e. The highest BCUT2D eigenvalue weighted by Gasteiger charge is 2.45. The van der Waals surface area contributed by atoms with E-state index in [4.69, 9.17) is 4.74 Å². The van der Waals surface area contributed by atoms with Crippen LogP contribution in [0.2, 0.25) is 0 Å². The molecule has 2 aromatic rings. The normalized spacial score (nSPS) is 18.9. The van der Waals surface area contributed by atoms with Gasteiger partial charge in [0.1, 0.15) is 5.76 Å². The Kier molecular flexibility index (Phi) is 6.04. The van der Waals surface area contributed by atoms with Gasteiger partial charge in [0.2, 0.25) is 0 Å². The molecule has 1 aliphatic rings. The van der Waals surface area contributed by atoms with Crippen LogP contribution in [0.3, 0.4) is 0 Å². The third kappa shape index (κ3) is 3.93. The van der Waals surface area contributed by atoms with E-state index in [0.29, 0.717) is 31.7 Å². The lowest BCUT2D eigenvalue weighted by atomic mass is 9.95. The van der Waals surface area contributed by atoms with Gasteiger partial charge in [-0.25, -0.2) is 0 Å². The molecule has 1 fully saturated rings. The van der Waals surface area contributed by atoms with E-state index in [-0.39, 0.29) is 11.3 Å². The maximum atomic E-state index is 12.8. The lowest BCUT2D eigenvalue weighted by molar-refractivity contribution is -0.140. The Balaban J connectivity index is 2.03. The van der Waals surface area contributed by atoms with E-state index in [9.17, 15) is 14.7 Å². The average Bonchev–Trinajstić information content (AvgIpc) is 2.97. The SMILES string of the molecule is CCOCCCN1C(=O)C(=O)C(=C(O)c2ccccc2)[C@H]1c1ccccc1. The number of likely N-dealkylation sites (tertiary alicyclic amines) is 1. The maximum Gasteiger partial charge on any atom is 0.295 e. The van der Waals surface area contributed by atoms with Crippen LogP contribution in [0, 0.1) is 0 Å². The van der Waals surface area contributed by atoms with Crippen LogP contribution in [0.4, 0.5) is 0 Å². The summed E-state index contributed by atoms with van der Waals surface area (Å²) in [7, 11) is 0. The molecule has 140 valence electrons. The van der Waals surface area contributed by atoms with Crippen molar-refractivity contribution in [3.63, 3.8) is 0 Å². The first-order valence-electron chi connectivity index (χ1n) is 9.11. The Morgan fingerprint density at radius 3 is 2.30 bits per heavy atom. The van der Waals surface area contributed by atoms with Crippen molar-refractivity contribution in [3.8, 4) is 0 Å². The van der Waals surface area contributed by atoms with Crippen LogP contribution in [0.5, 0.6) is 0 Å². The largest absolute Gasteiger partial charge is 0.507 e. The molecule has 27 heavy (non-hydrogen) atoms.